The van der Waals surface area contributed by atoms with E-state index in [0.717, 1.165) is 18.8 Å². The molecule has 0 aliphatic heterocycles. The molecule has 0 saturated heterocycles. The highest BCUT2D eigenvalue weighted by molar-refractivity contribution is 5.86. The fraction of sp³-hybridized carbons (Fsp3) is 0.938. The fourth-order valence-electron chi connectivity index (χ4n) is 3.92. The van der Waals surface area contributed by atoms with Gasteiger partial charge >= 0.3 is 0 Å². The zero-order chi connectivity index (χ0) is 12.5. The van der Waals surface area contributed by atoms with Gasteiger partial charge in [0, 0.05) is 11.8 Å². The lowest BCUT2D eigenvalue weighted by atomic mass is 9.72. The Kier molecular flexibility index (Phi) is 3.95. The van der Waals surface area contributed by atoms with Gasteiger partial charge in [-0.2, -0.15) is 0 Å². The summed E-state index contributed by atoms with van der Waals surface area (Å²) in [6, 6.07) is 0. The van der Waals surface area contributed by atoms with E-state index >= 15 is 0 Å². The molecule has 2 saturated carbocycles. The Bertz CT molecular complexity index is 273. The first-order chi connectivity index (χ1) is 8.06. The molecule has 0 aromatic heterocycles. The molecule has 0 amide bonds. The first kappa shape index (κ1) is 13.1. The lowest BCUT2D eigenvalue weighted by Gasteiger charge is -2.31. The molecule has 2 atom stereocenters. The first-order valence-electron chi connectivity index (χ1n) is 7.60. The minimum absolute atomic E-state index is 0.223. The van der Waals surface area contributed by atoms with Crippen LogP contribution in [-0.2, 0) is 4.79 Å². The largest absolute Gasteiger partial charge is 0.299 e. The van der Waals surface area contributed by atoms with Gasteiger partial charge in [-0.05, 0) is 37.0 Å². The standard InChI is InChI=1S/C16H28O/c1-4-16(2,3)14-11-10-13(15(14)17)12-8-6-5-7-9-12/h12-14H,4-11H2,1-3H3. The summed E-state index contributed by atoms with van der Waals surface area (Å²) in [5, 5.41) is 0. The second-order valence-corrected chi connectivity index (χ2v) is 6.88. The minimum Gasteiger partial charge on any atom is -0.299 e. The average molecular weight is 236 g/mol. The number of ketones is 1. The van der Waals surface area contributed by atoms with Crippen molar-refractivity contribution < 1.29 is 4.79 Å². The van der Waals surface area contributed by atoms with E-state index in [1.807, 2.05) is 0 Å². The molecule has 2 aliphatic rings. The molecule has 2 rings (SSSR count). The van der Waals surface area contributed by atoms with E-state index in [2.05, 4.69) is 20.8 Å². The molecule has 1 heteroatoms. The Balaban J connectivity index is 2.01. The van der Waals surface area contributed by atoms with Gasteiger partial charge in [0.2, 0.25) is 0 Å². The Labute approximate surface area is 106 Å². The van der Waals surface area contributed by atoms with Gasteiger partial charge in [-0.1, -0.05) is 46.5 Å². The van der Waals surface area contributed by atoms with E-state index in [-0.39, 0.29) is 5.41 Å². The summed E-state index contributed by atoms with van der Waals surface area (Å²) >= 11 is 0. The molecule has 98 valence electrons. The maximum Gasteiger partial charge on any atom is 0.139 e. The lowest BCUT2D eigenvalue weighted by Crippen LogP contribution is -2.31. The van der Waals surface area contributed by atoms with Crippen molar-refractivity contribution in [1.29, 1.82) is 0 Å². The topological polar surface area (TPSA) is 17.1 Å². The van der Waals surface area contributed by atoms with Crippen molar-refractivity contribution >= 4 is 5.78 Å². The smallest absolute Gasteiger partial charge is 0.139 e. The second-order valence-electron chi connectivity index (χ2n) is 6.88. The third-order valence-corrected chi connectivity index (χ3v) is 5.55. The first-order valence-corrected chi connectivity index (χ1v) is 7.60. The van der Waals surface area contributed by atoms with E-state index in [1.54, 1.807) is 0 Å². The summed E-state index contributed by atoms with van der Waals surface area (Å²) in [6.07, 6.45) is 10.2. The minimum atomic E-state index is 0.223. The monoisotopic (exact) mass is 236 g/mol. The molecule has 17 heavy (non-hydrogen) atoms. The van der Waals surface area contributed by atoms with E-state index < -0.39 is 0 Å². The quantitative estimate of drug-likeness (QED) is 0.700. The van der Waals surface area contributed by atoms with Crippen LogP contribution in [0.4, 0.5) is 0 Å². The van der Waals surface area contributed by atoms with Crippen molar-refractivity contribution in [2.45, 2.75) is 72.1 Å². The van der Waals surface area contributed by atoms with E-state index in [9.17, 15) is 4.79 Å². The van der Waals surface area contributed by atoms with Gasteiger partial charge in [-0.15, -0.1) is 0 Å². The van der Waals surface area contributed by atoms with E-state index in [0.29, 0.717) is 17.6 Å². The van der Waals surface area contributed by atoms with Crippen LogP contribution in [0, 0.1) is 23.2 Å². The number of rotatable bonds is 3. The third-order valence-electron chi connectivity index (χ3n) is 5.55. The molecule has 2 aliphatic carbocycles. The predicted octanol–water partition coefficient (Wildman–Crippen LogP) is 4.60. The second kappa shape index (κ2) is 5.12. The molecule has 0 aromatic rings. The molecule has 0 N–H and O–H groups in total. The van der Waals surface area contributed by atoms with Crippen molar-refractivity contribution in [2.24, 2.45) is 23.2 Å². The number of Topliss-reactive ketones (excluding diaryl/α,β-unsaturated/α-hetero) is 1. The van der Waals surface area contributed by atoms with Crippen molar-refractivity contribution in [2.75, 3.05) is 0 Å². The molecule has 0 bridgehead atoms. The van der Waals surface area contributed by atoms with Crippen LogP contribution in [0.1, 0.15) is 72.1 Å². The molecule has 0 spiro atoms. The summed E-state index contributed by atoms with van der Waals surface area (Å²) in [4.78, 5) is 12.6. The molecular formula is C16H28O. The molecule has 1 nitrogen and oxygen atoms in total. The zero-order valence-corrected chi connectivity index (χ0v) is 11.8. The number of carbonyl (C=O) groups is 1. The van der Waals surface area contributed by atoms with Crippen molar-refractivity contribution in [3.05, 3.63) is 0 Å². The van der Waals surface area contributed by atoms with Crippen LogP contribution >= 0.6 is 0 Å². The molecule has 0 heterocycles. The van der Waals surface area contributed by atoms with Crippen LogP contribution in [0.25, 0.3) is 0 Å². The van der Waals surface area contributed by atoms with E-state index in [4.69, 9.17) is 0 Å². The molecule has 2 unspecified atom stereocenters. The summed E-state index contributed by atoms with van der Waals surface area (Å²) in [7, 11) is 0. The molecule has 2 fully saturated rings. The summed E-state index contributed by atoms with van der Waals surface area (Å²) in [5.74, 6) is 2.11. The van der Waals surface area contributed by atoms with Crippen molar-refractivity contribution in [3.8, 4) is 0 Å². The molecule has 0 radical (unpaired) electrons. The summed E-state index contributed by atoms with van der Waals surface area (Å²) < 4.78 is 0. The Morgan fingerprint density at radius 2 is 1.71 bits per heavy atom. The normalized spacial score (nSPS) is 32.1. The predicted molar refractivity (Wildman–Crippen MR) is 71.9 cm³/mol. The maximum absolute atomic E-state index is 12.6. The summed E-state index contributed by atoms with van der Waals surface area (Å²) in [5.41, 5.74) is 0.223. The van der Waals surface area contributed by atoms with Crippen LogP contribution in [-0.4, -0.2) is 5.78 Å². The van der Waals surface area contributed by atoms with Crippen molar-refractivity contribution in [1.82, 2.24) is 0 Å². The lowest BCUT2D eigenvalue weighted by molar-refractivity contribution is -0.128. The number of carbonyl (C=O) groups excluding carboxylic acids is 1. The number of hydrogen-bond donors (Lipinski definition) is 0. The molecular weight excluding hydrogens is 208 g/mol. The highest BCUT2D eigenvalue weighted by atomic mass is 16.1. The van der Waals surface area contributed by atoms with Crippen LogP contribution in [0.3, 0.4) is 0 Å². The highest BCUT2D eigenvalue weighted by Crippen LogP contribution is 2.46. The average Bonchev–Trinajstić information content (AvgIpc) is 2.73. The van der Waals surface area contributed by atoms with Crippen LogP contribution in [0.5, 0.6) is 0 Å². The van der Waals surface area contributed by atoms with Gasteiger partial charge in [0.25, 0.3) is 0 Å². The fourth-order valence-corrected chi connectivity index (χ4v) is 3.92. The Morgan fingerprint density at radius 3 is 2.29 bits per heavy atom. The van der Waals surface area contributed by atoms with Crippen LogP contribution < -0.4 is 0 Å². The summed E-state index contributed by atoms with van der Waals surface area (Å²) in [6.45, 7) is 6.78. The maximum atomic E-state index is 12.6. The number of hydrogen-bond acceptors (Lipinski definition) is 1. The SMILES string of the molecule is CCC(C)(C)C1CCC(C2CCCCC2)C1=O. The zero-order valence-electron chi connectivity index (χ0n) is 11.8. The van der Waals surface area contributed by atoms with Gasteiger partial charge in [-0.25, -0.2) is 0 Å². The van der Waals surface area contributed by atoms with Gasteiger partial charge in [0.05, 0.1) is 0 Å². The van der Waals surface area contributed by atoms with Gasteiger partial charge in [0.1, 0.15) is 5.78 Å². The molecule has 0 aromatic carbocycles. The van der Waals surface area contributed by atoms with Gasteiger partial charge < -0.3 is 0 Å². The van der Waals surface area contributed by atoms with Crippen LogP contribution in [0.2, 0.25) is 0 Å². The van der Waals surface area contributed by atoms with Gasteiger partial charge in [-0.3, -0.25) is 4.79 Å². The van der Waals surface area contributed by atoms with Crippen molar-refractivity contribution in [3.63, 3.8) is 0 Å². The Hall–Kier alpha value is -0.330. The Morgan fingerprint density at radius 1 is 1.06 bits per heavy atom. The highest BCUT2D eigenvalue weighted by Gasteiger charge is 2.44. The van der Waals surface area contributed by atoms with E-state index in [1.165, 1.54) is 38.5 Å². The van der Waals surface area contributed by atoms with Crippen LogP contribution in [0.15, 0.2) is 0 Å². The third kappa shape index (κ3) is 2.58. The van der Waals surface area contributed by atoms with Gasteiger partial charge in [0.15, 0.2) is 0 Å².